The van der Waals surface area contributed by atoms with E-state index >= 15 is 0 Å². The molecular weight excluding hydrogens is 344 g/mol. The van der Waals surface area contributed by atoms with Crippen LogP contribution in [0.25, 0.3) is 10.9 Å². The summed E-state index contributed by atoms with van der Waals surface area (Å²) in [6.07, 6.45) is 5.05. The number of fused-ring (bicyclic) bond motifs is 2. The molecule has 2 aliphatic heterocycles. The summed E-state index contributed by atoms with van der Waals surface area (Å²) < 4.78 is 0. The molecule has 6 heteroatoms. The average Bonchev–Trinajstić information content (AvgIpc) is 3.03. The molecule has 2 fully saturated rings. The van der Waals surface area contributed by atoms with Gasteiger partial charge < -0.3 is 20.1 Å². The first kappa shape index (κ1) is 16.3. The van der Waals surface area contributed by atoms with Crippen LogP contribution in [-0.2, 0) is 11.2 Å². The molecule has 2 aromatic rings. The molecule has 0 spiro atoms. The number of carbonyl (C=O) groups excluding carboxylic acids is 1. The molecule has 1 aliphatic carbocycles. The summed E-state index contributed by atoms with van der Waals surface area (Å²) in [7, 11) is 2.26. The highest BCUT2D eigenvalue weighted by Gasteiger charge is 2.40. The quantitative estimate of drug-likeness (QED) is 0.799. The summed E-state index contributed by atoms with van der Waals surface area (Å²) in [6.45, 7) is 2.77. The van der Waals surface area contributed by atoms with Gasteiger partial charge in [-0.05, 0) is 55.2 Å². The summed E-state index contributed by atoms with van der Waals surface area (Å²) in [6, 6.07) is 7.26. The van der Waals surface area contributed by atoms with E-state index in [4.69, 9.17) is 12.2 Å². The molecule has 3 heterocycles. The Bertz CT molecular complexity index is 891. The smallest absolute Gasteiger partial charge is 0.227 e. The third kappa shape index (κ3) is 2.55. The maximum absolute atomic E-state index is 11.5. The van der Waals surface area contributed by atoms with Crippen LogP contribution >= 0.6 is 12.2 Å². The fourth-order valence-corrected chi connectivity index (χ4v) is 5.55. The fraction of sp³-hybridized carbons (Fsp3) is 0.500. The summed E-state index contributed by atoms with van der Waals surface area (Å²) in [5, 5.41) is 4.86. The van der Waals surface area contributed by atoms with Crippen LogP contribution in [0.1, 0.15) is 29.9 Å². The topological polar surface area (TPSA) is 51.4 Å². The van der Waals surface area contributed by atoms with E-state index in [2.05, 4.69) is 51.5 Å². The Morgan fingerprint density at radius 1 is 1.35 bits per heavy atom. The standard InChI is InChI=1S/C20H24N4OS/c1-23-10-12(11-24-6-5-18(25)22-20(24)26)7-15-14-3-2-4-16-19(14)13(9-21-16)8-17(15)23/h2-4,9,12,15,17,21H,5-8,10-11H2,1H3,(H,22,25,26)/t12-,15-,17-/m1/s1. The van der Waals surface area contributed by atoms with Crippen molar-refractivity contribution in [1.29, 1.82) is 0 Å². The molecule has 26 heavy (non-hydrogen) atoms. The van der Waals surface area contributed by atoms with Crippen LogP contribution in [0.15, 0.2) is 24.4 Å². The number of likely N-dealkylation sites (N-methyl/N-ethyl adjacent to an activating group) is 1. The van der Waals surface area contributed by atoms with Crippen LogP contribution < -0.4 is 5.32 Å². The molecule has 0 bridgehead atoms. The number of benzene rings is 1. The molecule has 0 saturated carbocycles. The number of hydrogen-bond donors (Lipinski definition) is 2. The van der Waals surface area contributed by atoms with E-state index in [1.165, 1.54) is 28.5 Å². The molecule has 5 nitrogen and oxygen atoms in total. The third-order valence-electron chi connectivity index (χ3n) is 6.43. The SMILES string of the molecule is CN1C[C@H](CN2CCC(=O)NC2=S)C[C@@H]2c3cccc4[nH]cc(c34)C[C@H]21. The Morgan fingerprint density at radius 3 is 3.08 bits per heavy atom. The van der Waals surface area contributed by atoms with Gasteiger partial charge in [-0.3, -0.25) is 4.79 Å². The molecule has 136 valence electrons. The van der Waals surface area contributed by atoms with Gasteiger partial charge in [0.15, 0.2) is 5.11 Å². The molecule has 0 radical (unpaired) electrons. The van der Waals surface area contributed by atoms with Crippen LogP contribution in [0, 0.1) is 5.92 Å². The molecule has 2 N–H and O–H groups in total. The Balaban J connectivity index is 1.41. The van der Waals surface area contributed by atoms with Crippen LogP contribution in [-0.4, -0.2) is 58.5 Å². The molecule has 1 amide bonds. The van der Waals surface area contributed by atoms with Gasteiger partial charge in [-0.1, -0.05) is 12.1 Å². The highest BCUT2D eigenvalue weighted by molar-refractivity contribution is 7.80. The summed E-state index contributed by atoms with van der Waals surface area (Å²) in [5.74, 6) is 1.18. The van der Waals surface area contributed by atoms with Crippen molar-refractivity contribution in [2.45, 2.75) is 31.2 Å². The Labute approximate surface area is 158 Å². The van der Waals surface area contributed by atoms with Crippen LogP contribution in [0.3, 0.4) is 0 Å². The molecule has 3 aliphatic rings. The number of hydrogen-bond acceptors (Lipinski definition) is 3. The molecule has 5 rings (SSSR count). The van der Waals surface area contributed by atoms with Crippen molar-refractivity contribution in [3.05, 3.63) is 35.5 Å². The lowest BCUT2D eigenvalue weighted by Crippen LogP contribution is -2.54. The van der Waals surface area contributed by atoms with Crippen molar-refractivity contribution >= 4 is 34.1 Å². The van der Waals surface area contributed by atoms with Gasteiger partial charge in [-0.2, -0.15) is 0 Å². The number of amides is 1. The second kappa shape index (κ2) is 6.06. The lowest BCUT2D eigenvalue weighted by Gasteiger charge is -2.47. The van der Waals surface area contributed by atoms with E-state index in [1.807, 2.05) is 0 Å². The van der Waals surface area contributed by atoms with Crippen LogP contribution in [0.2, 0.25) is 0 Å². The number of aromatic nitrogens is 1. The van der Waals surface area contributed by atoms with Gasteiger partial charge in [0.1, 0.15) is 0 Å². The highest BCUT2D eigenvalue weighted by atomic mass is 32.1. The molecule has 2 saturated heterocycles. The number of carbonyl (C=O) groups is 1. The first-order chi connectivity index (χ1) is 12.6. The van der Waals surface area contributed by atoms with E-state index in [1.54, 1.807) is 0 Å². The first-order valence-electron chi connectivity index (χ1n) is 9.48. The van der Waals surface area contributed by atoms with E-state index in [9.17, 15) is 4.79 Å². The van der Waals surface area contributed by atoms with Gasteiger partial charge >= 0.3 is 0 Å². The van der Waals surface area contributed by atoms with Gasteiger partial charge in [-0.25, -0.2) is 0 Å². The number of aromatic amines is 1. The summed E-state index contributed by atoms with van der Waals surface area (Å²) >= 11 is 5.39. The minimum atomic E-state index is 0.0472. The lowest BCUT2D eigenvalue weighted by molar-refractivity contribution is -0.120. The van der Waals surface area contributed by atoms with Crippen molar-refractivity contribution in [2.75, 3.05) is 26.7 Å². The largest absolute Gasteiger partial charge is 0.361 e. The Kier molecular flexibility index (Phi) is 3.79. The second-order valence-electron chi connectivity index (χ2n) is 8.05. The number of piperidine rings is 1. The van der Waals surface area contributed by atoms with Gasteiger partial charge in [0.05, 0.1) is 0 Å². The third-order valence-corrected chi connectivity index (χ3v) is 6.79. The monoisotopic (exact) mass is 368 g/mol. The van der Waals surface area contributed by atoms with E-state index in [0.29, 0.717) is 29.4 Å². The van der Waals surface area contributed by atoms with Crippen molar-refractivity contribution in [3.8, 4) is 0 Å². The zero-order chi connectivity index (χ0) is 17.8. The Hall–Kier alpha value is -1.92. The maximum Gasteiger partial charge on any atom is 0.227 e. The van der Waals surface area contributed by atoms with Crippen molar-refractivity contribution < 1.29 is 4.79 Å². The van der Waals surface area contributed by atoms with Gasteiger partial charge in [-0.15, -0.1) is 0 Å². The van der Waals surface area contributed by atoms with Crippen LogP contribution in [0.5, 0.6) is 0 Å². The van der Waals surface area contributed by atoms with Gasteiger partial charge in [0, 0.05) is 55.1 Å². The van der Waals surface area contributed by atoms with E-state index < -0.39 is 0 Å². The normalized spacial score (nSPS) is 29.0. The number of nitrogens with zero attached hydrogens (tertiary/aromatic N) is 2. The van der Waals surface area contributed by atoms with E-state index in [-0.39, 0.29) is 5.91 Å². The van der Waals surface area contributed by atoms with Gasteiger partial charge in [0.25, 0.3) is 0 Å². The summed E-state index contributed by atoms with van der Waals surface area (Å²) in [4.78, 5) is 19.7. The van der Waals surface area contributed by atoms with Gasteiger partial charge in [0.2, 0.25) is 5.91 Å². The predicted octanol–water partition coefficient (Wildman–Crippen LogP) is 2.23. The number of thiocarbonyl (C=S) groups is 1. The minimum Gasteiger partial charge on any atom is -0.361 e. The molecule has 3 atom stereocenters. The molecular formula is C20H24N4OS. The second-order valence-corrected chi connectivity index (χ2v) is 8.44. The van der Waals surface area contributed by atoms with Crippen molar-refractivity contribution in [2.24, 2.45) is 5.92 Å². The van der Waals surface area contributed by atoms with Crippen LogP contribution in [0.4, 0.5) is 0 Å². The molecule has 1 aromatic heterocycles. The summed E-state index contributed by atoms with van der Waals surface area (Å²) in [5.41, 5.74) is 4.23. The predicted molar refractivity (Wildman–Crippen MR) is 106 cm³/mol. The van der Waals surface area contributed by atoms with Crippen molar-refractivity contribution in [3.63, 3.8) is 0 Å². The average molecular weight is 369 g/mol. The maximum atomic E-state index is 11.5. The first-order valence-corrected chi connectivity index (χ1v) is 9.89. The zero-order valence-corrected chi connectivity index (χ0v) is 15.8. The number of H-pyrrole nitrogens is 1. The minimum absolute atomic E-state index is 0.0472. The number of nitrogens with one attached hydrogen (secondary N) is 2. The fourth-order valence-electron chi connectivity index (χ4n) is 5.27. The lowest BCUT2D eigenvalue weighted by atomic mass is 9.72. The highest BCUT2D eigenvalue weighted by Crippen LogP contribution is 2.44. The Morgan fingerprint density at radius 2 is 2.23 bits per heavy atom. The number of rotatable bonds is 2. The number of likely N-dealkylation sites (tertiary alicyclic amines) is 1. The van der Waals surface area contributed by atoms with E-state index in [0.717, 1.165) is 26.1 Å². The molecule has 1 aromatic carbocycles. The zero-order valence-electron chi connectivity index (χ0n) is 15.0. The molecule has 0 unspecified atom stereocenters. The van der Waals surface area contributed by atoms with Crippen molar-refractivity contribution in [1.82, 2.24) is 20.1 Å².